The van der Waals surface area contributed by atoms with Crippen LogP contribution < -0.4 is 5.32 Å². The Hall–Kier alpha value is -3.55. The monoisotopic (exact) mass is 471 g/mol. The highest BCUT2D eigenvalue weighted by Crippen LogP contribution is 2.45. The minimum Gasteiger partial charge on any atom is -0.480 e. The van der Waals surface area contributed by atoms with Gasteiger partial charge in [0.25, 0.3) is 5.89 Å². The minimum atomic E-state index is -0.790. The highest BCUT2D eigenvalue weighted by atomic mass is 16.5. The standard InChI is InChI=1S/C28H29N3O4/c1-27(18-34-2)16-22(11-12-23(27)20-8-4-3-5-9-20)25-30-24(31-35-25)21-10-6-7-19(15-21)17-29-28(13-14-28)26(32)33/h3-12,15,29H,13-14,16-18H2,1-2H3,(H,32,33). The third kappa shape index (κ3) is 4.70. The molecule has 1 fully saturated rings. The highest BCUT2D eigenvalue weighted by molar-refractivity contribution is 5.82. The summed E-state index contributed by atoms with van der Waals surface area (Å²) < 4.78 is 11.3. The van der Waals surface area contributed by atoms with Crippen molar-refractivity contribution in [1.29, 1.82) is 0 Å². The van der Waals surface area contributed by atoms with Crippen molar-refractivity contribution in [3.63, 3.8) is 0 Å². The lowest BCUT2D eigenvalue weighted by molar-refractivity contribution is -0.140. The van der Waals surface area contributed by atoms with E-state index in [0.717, 1.165) is 16.7 Å². The summed E-state index contributed by atoms with van der Waals surface area (Å²) in [5, 5.41) is 16.8. The second-order valence-corrected chi connectivity index (χ2v) is 9.67. The first-order chi connectivity index (χ1) is 16.9. The number of hydrogen-bond donors (Lipinski definition) is 2. The Bertz CT molecular complexity index is 1290. The summed E-state index contributed by atoms with van der Waals surface area (Å²) in [4.78, 5) is 16.1. The highest BCUT2D eigenvalue weighted by Gasteiger charge is 2.49. The summed E-state index contributed by atoms with van der Waals surface area (Å²) in [6, 6.07) is 18.1. The maximum absolute atomic E-state index is 11.4. The fourth-order valence-corrected chi connectivity index (χ4v) is 4.77. The van der Waals surface area contributed by atoms with Gasteiger partial charge in [0.2, 0.25) is 5.82 Å². The molecule has 2 aromatic carbocycles. The van der Waals surface area contributed by atoms with E-state index < -0.39 is 11.5 Å². The van der Waals surface area contributed by atoms with Gasteiger partial charge in [0.15, 0.2) is 0 Å². The predicted octanol–water partition coefficient (Wildman–Crippen LogP) is 4.97. The Morgan fingerprint density at radius 1 is 1.11 bits per heavy atom. The Kier molecular flexibility index (Phi) is 6.13. The van der Waals surface area contributed by atoms with E-state index >= 15 is 0 Å². The molecule has 1 saturated carbocycles. The molecule has 0 saturated heterocycles. The van der Waals surface area contributed by atoms with E-state index in [2.05, 4.69) is 46.7 Å². The molecule has 0 aliphatic heterocycles. The van der Waals surface area contributed by atoms with Crippen molar-refractivity contribution >= 4 is 17.1 Å². The molecule has 35 heavy (non-hydrogen) atoms. The first-order valence-corrected chi connectivity index (χ1v) is 11.8. The maximum atomic E-state index is 11.4. The van der Waals surface area contributed by atoms with Gasteiger partial charge < -0.3 is 14.4 Å². The largest absolute Gasteiger partial charge is 0.480 e. The van der Waals surface area contributed by atoms with Crippen LogP contribution in [0.25, 0.3) is 22.5 Å². The first kappa shape index (κ1) is 23.2. The van der Waals surface area contributed by atoms with Gasteiger partial charge in [-0.3, -0.25) is 10.1 Å². The molecule has 2 aliphatic carbocycles. The van der Waals surface area contributed by atoms with Gasteiger partial charge in [-0.2, -0.15) is 4.98 Å². The topological polar surface area (TPSA) is 97.5 Å². The Balaban J connectivity index is 1.37. The fourth-order valence-electron chi connectivity index (χ4n) is 4.77. The molecule has 2 N–H and O–H groups in total. The first-order valence-electron chi connectivity index (χ1n) is 11.8. The van der Waals surface area contributed by atoms with Gasteiger partial charge in [0, 0.05) is 30.2 Å². The number of benzene rings is 2. The number of methoxy groups -OCH3 is 1. The molecule has 7 nitrogen and oxygen atoms in total. The Morgan fingerprint density at radius 2 is 1.89 bits per heavy atom. The average molecular weight is 472 g/mol. The molecular formula is C28H29N3O4. The number of aliphatic carboxylic acids is 1. The van der Waals surface area contributed by atoms with Crippen LogP contribution >= 0.6 is 0 Å². The van der Waals surface area contributed by atoms with E-state index in [9.17, 15) is 9.90 Å². The smallest absolute Gasteiger partial charge is 0.323 e. The number of nitrogens with zero attached hydrogens (tertiary/aromatic N) is 2. The second-order valence-electron chi connectivity index (χ2n) is 9.67. The lowest BCUT2D eigenvalue weighted by Gasteiger charge is -2.34. The molecule has 7 heteroatoms. The molecule has 0 radical (unpaired) electrons. The number of aromatic nitrogens is 2. The molecular weight excluding hydrogens is 442 g/mol. The molecule has 0 bridgehead atoms. The van der Waals surface area contributed by atoms with Gasteiger partial charge in [0.05, 0.1) is 6.61 Å². The van der Waals surface area contributed by atoms with Gasteiger partial charge in [-0.05, 0) is 42.0 Å². The van der Waals surface area contributed by atoms with Crippen LogP contribution in [0.2, 0.25) is 0 Å². The van der Waals surface area contributed by atoms with E-state index in [1.807, 2.05) is 42.5 Å². The SMILES string of the molecule is COCC1(C)CC(c2nc(-c3cccc(CNC4(C(=O)O)CC4)c3)no2)=CC=C1c1ccccc1. The quantitative estimate of drug-likeness (QED) is 0.455. The van der Waals surface area contributed by atoms with Crippen LogP contribution in [0.4, 0.5) is 0 Å². The van der Waals surface area contributed by atoms with Crippen LogP contribution in [0, 0.1) is 5.41 Å². The van der Waals surface area contributed by atoms with Crippen molar-refractivity contribution in [2.75, 3.05) is 13.7 Å². The molecule has 180 valence electrons. The molecule has 1 heterocycles. The summed E-state index contributed by atoms with van der Waals surface area (Å²) in [5.74, 6) is 0.215. The van der Waals surface area contributed by atoms with Crippen molar-refractivity contribution in [3.8, 4) is 11.4 Å². The number of allylic oxidation sites excluding steroid dienone is 3. The minimum absolute atomic E-state index is 0.233. The molecule has 1 atom stereocenters. The molecule has 2 aliphatic rings. The zero-order valence-corrected chi connectivity index (χ0v) is 20.0. The van der Waals surface area contributed by atoms with Crippen LogP contribution in [0.5, 0.6) is 0 Å². The van der Waals surface area contributed by atoms with Crippen molar-refractivity contribution in [1.82, 2.24) is 15.5 Å². The lowest BCUT2D eigenvalue weighted by Crippen LogP contribution is -2.38. The van der Waals surface area contributed by atoms with Crippen LogP contribution in [-0.4, -0.2) is 40.5 Å². The Labute approximate surface area is 204 Å². The number of nitrogens with one attached hydrogen (secondary N) is 1. The number of hydrogen-bond acceptors (Lipinski definition) is 6. The molecule has 1 aromatic heterocycles. The number of ether oxygens (including phenoxy) is 1. The molecule has 0 amide bonds. The lowest BCUT2D eigenvalue weighted by atomic mass is 9.71. The van der Waals surface area contributed by atoms with Gasteiger partial charge in [-0.1, -0.05) is 72.8 Å². The fraction of sp³-hybridized carbons (Fsp3) is 0.321. The molecule has 3 aromatic rings. The van der Waals surface area contributed by atoms with Gasteiger partial charge in [-0.15, -0.1) is 0 Å². The zero-order valence-electron chi connectivity index (χ0n) is 20.0. The Morgan fingerprint density at radius 3 is 2.60 bits per heavy atom. The van der Waals surface area contributed by atoms with Crippen LogP contribution in [0.15, 0.2) is 71.3 Å². The van der Waals surface area contributed by atoms with Crippen LogP contribution in [-0.2, 0) is 16.1 Å². The van der Waals surface area contributed by atoms with Crippen molar-refractivity contribution in [2.45, 2.75) is 38.3 Å². The van der Waals surface area contributed by atoms with E-state index in [0.29, 0.717) is 44.1 Å². The number of carboxylic acid groups (broad SMARTS) is 1. The molecule has 5 rings (SSSR count). The summed E-state index contributed by atoms with van der Waals surface area (Å²) >= 11 is 0. The normalized spacial score (nSPS) is 20.7. The molecule has 0 spiro atoms. The van der Waals surface area contributed by atoms with E-state index in [4.69, 9.17) is 9.26 Å². The van der Waals surface area contributed by atoms with Crippen molar-refractivity contribution < 1.29 is 19.2 Å². The van der Waals surface area contributed by atoms with Gasteiger partial charge in [0.1, 0.15) is 5.54 Å². The summed E-state index contributed by atoms with van der Waals surface area (Å²) in [7, 11) is 1.72. The van der Waals surface area contributed by atoms with Crippen molar-refractivity contribution in [2.24, 2.45) is 5.41 Å². The van der Waals surface area contributed by atoms with Crippen molar-refractivity contribution in [3.05, 3.63) is 83.8 Å². The summed E-state index contributed by atoms with van der Waals surface area (Å²) in [5.41, 5.74) is 4.16. The summed E-state index contributed by atoms with van der Waals surface area (Å²) in [6.07, 6.45) is 6.21. The maximum Gasteiger partial charge on any atom is 0.323 e. The second kappa shape index (κ2) is 9.24. The predicted molar refractivity (Wildman–Crippen MR) is 133 cm³/mol. The number of rotatable bonds is 9. The number of carbonyl (C=O) groups is 1. The summed E-state index contributed by atoms with van der Waals surface area (Å²) in [6.45, 7) is 3.23. The van der Waals surface area contributed by atoms with E-state index in [1.165, 1.54) is 11.1 Å². The van der Waals surface area contributed by atoms with Crippen LogP contribution in [0.1, 0.15) is 43.2 Å². The van der Waals surface area contributed by atoms with E-state index in [1.54, 1.807) is 7.11 Å². The van der Waals surface area contributed by atoms with Crippen LogP contribution in [0.3, 0.4) is 0 Å². The molecule has 1 unspecified atom stereocenters. The van der Waals surface area contributed by atoms with Gasteiger partial charge in [-0.25, -0.2) is 0 Å². The number of carboxylic acids is 1. The zero-order chi connectivity index (χ0) is 24.5. The average Bonchev–Trinajstić information content (AvgIpc) is 3.51. The third-order valence-electron chi connectivity index (χ3n) is 6.91. The third-order valence-corrected chi connectivity index (χ3v) is 6.91. The van der Waals surface area contributed by atoms with E-state index in [-0.39, 0.29) is 5.41 Å². The van der Waals surface area contributed by atoms with Gasteiger partial charge >= 0.3 is 5.97 Å².